The molecule has 4 nitrogen and oxygen atoms in total. The highest BCUT2D eigenvalue weighted by atomic mass is 16.5. The highest BCUT2D eigenvalue weighted by molar-refractivity contribution is 5.77. The minimum Gasteiger partial charge on any atom is -0.468 e. The summed E-state index contributed by atoms with van der Waals surface area (Å²) >= 11 is 0. The Morgan fingerprint density at radius 1 is 1.33 bits per heavy atom. The number of piperidine rings is 1. The molecule has 0 radical (unpaired) electrons. The molecule has 2 aliphatic carbocycles. The van der Waals surface area contributed by atoms with E-state index in [-0.39, 0.29) is 18.1 Å². The van der Waals surface area contributed by atoms with Gasteiger partial charge in [-0.25, -0.2) is 0 Å². The topological polar surface area (TPSA) is 47.6 Å². The van der Waals surface area contributed by atoms with Gasteiger partial charge in [-0.1, -0.05) is 0 Å². The summed E-state index contributed by atoms with van der Waals surface area (Å²) in [7, 11) is 1.45. The molecule has 0 amide bonds. The number of hydrogen-bond donors (Lipinski definition) is 1. The first-order valence-corrected chi connectivity index (χ1v) is 5.77. The number of fused-ring (bicyclic) bond motifs is 2. The van der Waals surface area contributed by atoms with Crippen LogP contribution in [0, 0.1) is 5.92 Å². The summed E-state index contributed by atoms with van der Waals surface area (Å²) in [6.07, 6.45) is 5.29. The minimum atomic E-state index is -0.133. The van der Waals surface area contributed by atoms with Gasteiger partial charge in [-0.15, -0.1) is 0 Å². The van der Waals surface area contributed by atoms with E-state index in [0.29, 0.717) is 18.1 Å². The van der Waals surface area contributed by atoms with Crippen molar-refractivity contribution in [2.24, 2.45) is 5.92 Å². The second-order valence-corrected chi connectivity index (χ2v) is 4.87. The van der Waals surface area contributed by atoms with Gasteiger partial charge in [0.1, 0.15) is 6.04 Å². The van der Waals surface area contributed by atoms with Crippen LogP contribution >= 0.6 is 0 Å². The van der Waals surface area contributed by atoms with Gasteiger partial charge >= 0.3 is 5.97 Å². The van der Waals surface area contributed by atoms with Crippen LogP contribution in [-0.2, 0) is 14.3 Å². The molecule has 0 unspecified atom stereocenters. The third-order valence-corrected chi connectivity index (χ3v) is 3.74. The lowest BCUT2D eigenvalue weighted by molar-refractivity contribution is -0.146. The zero-order valence-electron chi connectivity index (χ0n) is 8.94. The van der Waals surface area contributed by atoms with E-state index in [1.54, 1.807) is 0 Å². The Balaban J connectivity index is 1.66. The van der Waals surface area contributed by atoms with Crippen LogP contribution < -0.4 is 5.32 Å². The Kier molecular flexibility index (Phi) is 2.21. The van der Waals surface area contributed by atoms with E-state index in [9.17, 15) is 4.79 Å². The van der Waals surface area contributed by atoms with Crippen molar-refractivity contribution < 1.29 is 14.3 Å². The van der Waals surface area contributed by atoms with Crippen molar-refractivity contribution in [3.63, 3.8) is 0 Å². The molecule has 4 heteroatoms. The summed E-state index contributed by atoms with van der Waals surface area (Å²) in [5, 5.41) is 3.31. The van der Waals surface area contributed by atoms with Gasteiger partial charge < -0.3 is 14.8 Å². The van der Waals surface area contributed by atoms with Crippen molar-refractivity contribution in [1.82, 2.24) is 5.32 Å². The van der Waals surface area contributed by atoms with Crippen molar-refractivity contribution in [1.29, 1.82) is 0 Å². The predicted molar refractivity (Wildman–Crippen MR) is 53.3 cm³/mol. The van der Waals surface area contributed by atoms with Crippen LogP contribution in [0.25, 0.3) is 0 Å². The molecule has 0 aromatic rings. The molecule has 15 heavy (non-hydrogen) atoms. The van der Waals surface area contributed by atoms with Crippen molar-refractivity contribution in [3.8, 4) is 0 Å². The number of carbonyl (C=O) groups excluding carboxylic acids is 1. The van der Waals surface area contributed by atoms with Gasteiger partial charge in [-0.05, 0) is 25.7 Å². The first kappa shape index (κ1) is 9.60. The van der Waals surface area contributed by atoms with Crippen molar-refractivity contribution in [3.05, 3.63) is 0 Å². The van der Waals surface area contributed by atoms with Crippen LogP contribution in [0.15, 0.2) is 0 Å². The maximum absolute atomic E-state index is 11.5. The average Bonchev–Trinajstić information content (AvgIpc) is 2.84. The van der Waals surface area contributed by atoms with Gasteiger partial charge in [0.25, 0.3) is 0 Å². The van der Waals surface area contributed by atoms with Gasteiger partial charge in [0, 0.05) is 12.0 Å². The zero-order chi connectivity index (χ0) is 10.4. The van der Waals surface area contributed by atoms with E-state index in [4.69, 9.17) is 9.47 Å². The fourth-order valence-corrected chi connectivity index (χ4v) is 2.87. The highest BCUT2D eigenvalue weighted by Crippen LogP contribution is 2.41. The summed E-state index contributed by atoms with van der Waals surface area (Å²) in [5.41, 5.74) is 0. The van der Waals surface area contributed by atoms with E-state index < -0.39 is 0 Å². The number of methoxy groups -OCH3 is 1. The monoisotopic (exact) mass is 211 g/mol. The fourth-order valence-electron chi connectivity index (χ4n) is 2.87. The summed E-state index contributed by atoms with van der Waals surface area (Å²) in [4.78, 5) is 11.5. The number of carbonyl (C=O) groups is 1. The maximum atomic E-state index is 11.5. The van der Waals surface area contributed by atoms with E-state index in [1.165, 1.54) is 20.0 Å². The smallest absolute Gasteiger partial charge is 0.323 e. The van der Waals surface area contributed by atoms with Crippen LogP contribution in [0.5, 0.6) is 0 Å². The molecule has 1 N–H and O–H groups in total. The van der Waals surface area contributed by atoms with Gasteiger partial charge in [0.05, 0.1) is 19.3 Å². The molecule has 1 aliphatic heterocycles. The molecule has 1 heterocycles. The highest BCUT2D eigenvalue weighted by Gasteiger charge is 2.51. The van der Waals surface area contributed by atoms with Crippen LogP contribution in [0.4, 0.5) is 0 Å². The molecule has 84 valence electrons. The predicted octanol–water partition coefficient (Wildman–Crippen LogP) is 0.457. The SMILES string of the molecule is COC(=O)[C@@H]1N[C@@H]2C[C@H]1[C@@H](OC1CC1)C2. The molecular formula is C11H17NO3. The second kappa shape index (κ2) is 3.46. The normalized spacial score (nSPS) is 43.3. The van der Waals surface area contributed by atoms with E-state index >= 15 is 0 Å². The standard InChI is InChI=1S/C11H17NO3/c1-14-11(13)10-8-4-6(12-10)5-9(8)15-7-2-3-7/h6-10,12H,2-5H2,1H3/t6-,8+,9+,10-/m1/s1. The number of nitrogens with one attached hydrogen (secondary N) is 1. The van der Waals surface area contributed by atoms with Gasteiger partial charge in [-0.2, -0.15) is 0 Å². The Morgan fingerprint density at radius 2 is 2.13 bits per heavy atom. The Morgan fingerprint density at radius 3 is 2.73 bits per heavy atom. The Hall–Kier alpha value is -0.610. The summed E-state index contributed by atoms with van der Waals surface area (Å²) in [6.45, 7) is 0. The molecule has 0 aromatic carbocycles. The Labute approximate surface area is 89.3 Å². The van der Waals surface area contributed by atoms with Gasteiger partial charge in [0.2, 0.25) is 0 Å². The molecule has 0 spiro atoms. The molecule has 2 bridgehead atoms. The quantitative estimate of drug-likeness (QED) is 0.689. The summed E-state index contributed by atoms with van der Waals surface area (Å²) in [5.74, 6) is 0.203. The molecule has 4 atom stereocenters. The lowest BCUT2D eigenvalue weighted by atomic mass is 9.97. The first-order valence-electron chi connectivity index (χ1n) is 5.77. The number of hydrogen-bond acceptors (Lipinski definition) is 4. The van der Waals surface area contributed by atoms with Gasteiger partial charge in [-0.3, -0.25) is 4.79 Å². The fraction of sp³-hybridized carbons (Fsp3) is 0.909. The molecule has 0 aromatic heterocycles. The molecular weight excluding hydrogens is 194 g/mol. The molecule has 3 fully saturated rings. The number of ether oxygens (including phenoxy) is 2. The molecule has 3 aliphatic rings. The van der Waals surface area contributed by atoms with Gasteiger partial charge in [0.15, 0.2) is 0 Å². The van der Waals surface area contributed by atoms with E-state index in [2.05, 4.69) is 5.32 Å². The first-order chi connectivity index (χ1) is 7.28. The van der Waals surface area contributed by atoms with E-state index in [1.807, 2.05) is 0 Å². The van der Waals surface area contributed by atoms with Crippen LogP contribution in [0.1, 0.15) is 25.7 Å². The average molecular weight is 211 g/mol. The second-order valence-electron chi connectivity index (χ2n) is 4.87. The summed E-state index contributed by atoms with van der Waals surface area (Å²) in [6, 6.07) is 0.334. The third-order valence-electron chi connectivity index (χ3n) is 3.74. The Bertz CT molecular complexity index is 277. The van der Waals surface area contributed by atoms with Crippen molar-refractivity contribution in [2.75, 3.05) is 7.11 Å². The minimum absolute atomic E-state index is 0.127. The lowest BCUT2D eigenvalue weighted by Gasteiger charge is -2.28. The number of esters is 1. The van der Waals surface area contributed by atoms with Crippen molar-refractivity contribution in [2.45, 2.75) is 50.0 Å². The zero-order valence-corrected chi connectivity index (χ0v) is 8.94. The van der Waals surface area contributed by atoms with Crippen molar-refractivity contribution >= 4 is 5.97 Å². The number of rotatable bonds is 3. The molecule has 1 saturated heterocycles. The van der Waals surface area contributed by atoms with E-state index in [0.717, 1.165) is 12.8 Å². The van der Waals surface area contributed by atoms with Crippen LogP contribution in [0.3, 0.4) is 0 Å². The third kappa shape index (κ3) is 1.66. The molecule has 3 rings (SSSR count). The largest absolute Gasteiger partial charge is 0.468 e. The maximum Gasteiger partial charge on any atom is 0.323 e. The summed E-state index contributed by atoms with van der Waals surface area (Å²) < 4.78 is 10.7. The van der Waals surface area contributed by atoms with Crippen LogP contribution in [0.2, 0.25) is 0 Å². The van der Waals surface area contributed by atoms with Crippen LogP contribution in [-0.4, -0.2) is 37.4 Å². The lowest BCUT2D eigenvalue weighted by Crippen LogP contribution is -2.48. The molecule has 2 saturated carbocycles.